The van der Waals surface area contributed by atoms with E-state index in [1.54, 1.807) is 6.20 Å². The number of benzene rings is 1. The van der Waals surface area contributed by atoms with Gasteiger partial charge in [-0.15, -0.1) is 12.4 Å². The summed E-state index contributed by atoms with van der Waals surface area (Å²) in [6, 6.07) is 8.00. The van der Waals surface area contributed by atoms with Crippen molar-refractivity contribution in [2.45, 2.75) is 84.7 Å². The smallest absolute Gasteiger partial charge is 0.164 e. The number of halogens is 1. The molecule has 0 radical (unpaired) electrons. The number of nitrogens with one attached hydrogen (secondary N) is 1. The molecule has 3 unspecified atom stereocenters. The topological polar surface area (TPSA) is 51.2 Å². The minimum atomic E-state index is 0. The van der Waals surface area contributed by atoms with Crippen LogP contribution in [0.1, 0.15) is 88.9 Å². The molecule has 1 aliphatic heterocycles. The molecular formula is C27H41ClN2O2. The monoisotopic (exact) mass is 460 g/mol. The van der Waals surface area contributed by atoms with Crippen molar-refractivity contribution < 1.29 is 9.53 Å². The fraction of sp³-hybridized carbons (Fsp3) is 0.630. The zero-order chi connectivity index (χ0) is 22.1. The number of unbranched alkanes of at least 4 members (excludes halogenated alkanes) is 3. The molecule has 1 fully saturated rings. The maximum absolute atomic E-state index is 12.9. The van der Waals surface area contributed by atoms with Gasteiger partial charge in [0.25, 0.3) is 0 Å². The second-order valence-corrected chi connectivity index (χ2v) is 9.24. The summed E-state index contributed by atoms with van der Waals surface area (Å²) in [6.45, 7) is 8.79. The van der Waals surface area contributed by atoms with Crippen LogP contribution < -0.4 is 10.1 Å². The summed E-state index contributed by atoms with van der Waals surface area (Å²) in [7, 11) is 0. The van der Waals surface area contributed by atoms with Gasteiger partial charge in [-0.3, -0.25) is 9.78 Å². The van der Waals surface area contributed by atoms with E-state index in [4.69, 9.17) is 4.74 Å². The molecule has 0 saturated carbocycles. The van der Waals surface area contributed by atoms with E-state index in [1.807, 2.05) is 24.3 Å². The quantitative estimate of drug-likeness (QED) is 0.274. The standard InChI is InChI=1S/C27H40N2O2.ClH/c1-4-6-7-8-9-20(3)31-25-11-12-26-23(17-25)16-24(19-29-26)27(30)13-10-22-14-15-28-18-21(22)5-2;/h11-12,16-17,19-22,28H,4-10,13-15,18H2,1-3H3;1H. The highest BCUT2D eigenvalue weighted by molar-refractivity contribution is 5.98. The van der Waals surface area contributed by atoms with Gasteiger partial charge in [-0.25, -0.2) is 0 Å². The fourth-order valence-corrected chi connectivity index (χ4v) is 4.78. The zero-order valence-corrected chi connectivity index (χ0v) is 20.9. The summed E-state index contributed by atoms with van der Waals surface area (Å²) in [5.41, 5.74) is 1.63. The lowest BCUT2D eigenvalue weighted by Crippen LogP contribution is -2.36. The molecule has 1 aromatic heterocycles. The highest BCUT2D eigenvalue weighted by Crippen LogP contribution is 2.28. The van der Waals surface area contributed by atoms with Gasteiger partial charge < -0.3 is 10.1 Å². The first-order valence-electron chi connectivity index (χ1n) is 12.4. The van der Waals surface area contributed by atoms with Crippen LogP contribution in [-0.2, 0) is 0 Å². The summed E-state index contributed by atoms with van der Waals surface area (Å²) in [4.78, 5) is 17.4. The van der Waals surface area contributed by atoms with Gasteiger partial charge in [0.05, 0.1) is 11.6 Å². The first kappa shape index (κ1) is 26.6. The molecule has 2 heterocycles. The molecule has 1 N–H and O–H groups in total. The SMILES string of the molecule is CCCCCCC(C)Oc1ccc2ncc(C(=O)CCC3CCNCC3CC)cc2c1.Cl. The van der Waals surface area contributed by atoms with Gasteiger partial charge in [0.2, 0.25) is 0 Å². The number of piperidine rings is 1. The number of rotatable bonds is 12. The summed E-state index contributed by atoms with van der Waals surface area (Å²) in [6.07, 6.45) is 12.0. The van der Waals surface area contributed by atoms with Crippen molar-refractivity contribution in [3.05, 3.63) is 36.0 Å². The molecule has 5 heteroatoms. The fourth-order valence-electron chi connectivity index (χ4n) is 4.78. The predicted octanol–water partition coefficient (Wildman–Crippen LogP) is 6.99. The summed E-state index contributed by atoms with van der Waals surface area (Å²) < 4.78 is 6.14. The van der Waals surface area contributed by atoms with E-state index >= 15 is 0 Å². The highest BCUT2D eigenvalue weighted by atomic mass is 35.5. The minimum Gasteiger partial charge on any atom is -0.491 e. The van der Waals surface area contributed by atoms with Crippen LogP contribution in [0.25, 0.3) is 10.9 Å². The van der Waals surface area contributed by atoms with E-state index in [9.17, 15) is 4.79 Å². The summed E-state index contributed by atoms with van der Waals surface area (Å²) in [5.74, 6) is 2.42. The Hall–Kier alpha value is -1.65. The molecule has 3 rings (SSSR count). The van der Waals surface area contributed by atoms with Crippen LogP contribution >= 0.6 is 12.4 Å². The lowest BCUT2D eigenvalue weighted by Gasteiger charge is -2.31. The van der Waals surface area contributed by atoms with Crippen LogP contribution in [-0.4, -0.2) is 30.0 Å². The van der Waals surface area contributed by atoms with Gasteiger partial charge in [0, 0.05) is 23.6 Å². The first-order valence-corrected chi connectivity index (χ1v) is 12.4. The van der Waals surface area contributed by atoms with Crippen molar-refractivity contribution >= 4 is 29.1 Å². The van der Waals surface area contributed by atoms with Crippen LogP contribution in [0.15, 0.2) is 30.5 Å². The zero-order valence-electron chi connectivity index (χ0n) is 20.1. The number of nitrogens with zero attached hydrogens (tertiary/aromatic N) is 1. The first-order chi connectivity index (χ1) is 15.1. The van der Waals surface area contributed by atoms with Crippen molar-refractivity contribution in [2.75, 3.05) is 13.1 Å². The third-order valence-electron chi connectivity index (χ3n) is 6.81. The second kappa shape index (κ2) is 13.8. The van der Waals surface area contributed by atoms with Gasteiger partial charge in [0.1, 0.15) is 5.75 Å². The molecule has 32 heavy (non-hydrogen) atoms. The van der Waals surface area contributed by atoms with Crippen molar-refractivity contribution in [1.82, 2.24) is 10.3 Å². The number of ketones is 1. The van der Waals surface area contributed by atoms with E-state index in [1.165, 1.54) is 38.5 Å². The van der Waals surface area contributed by atoms with Gasteiger partial charge >= 0.3 is 0 Å². The number of hydrogen-bond acceptors (Lipinski definition) is 4. The number of aromatic nitrogens is 1. The lowest BCUT2D eigenvalue weighted by molar-refractivity contribution is 0.0962. The van der Waals surface area contributed by atoms with E-state index in [0.29, 0.717) is 18.3 Å². The third-order valence-corrected chi connectivity index (χ3v) is 6.81. The van der Waals surface area contributed by atoms with E-state index in [-0.39, 0.29) is 24.3 Å². The molecule has 0 spiro atoms. The van der Waals surface area contributed by atoms with Gasteiger partial charge in [-0.05, 0) is 81.8 Å². The van der Waals surface area contributed by atoms with Crippen LogP contribution in [0.4, 0.5) is 0 Å². The van der Waals surface area contributed by atoms with Crippen LogP contribution in [0.5, 0.6) is 5.75 Å². The molecule has 4 nitrogen and oxygen atoms in total. The minimum absolute atomic E-state index is 0. The Morgan fingerprint density at radius 3 is 2.81 bits per heavy atom. The van der Waals surface area contributed by atoms with Crippen LogP contribution in [0.2, 0.25) is 0 Å². The molecular weight excluding hydrogens is 420 g/mol. The number of ether oxygens (including phenoxy) is 1. The lowest BCUT2D eigenvalue weighted by atomic mass is 9.81. The number of hydrogen-bond donors (Lipinski definition) is 1. The average molecular weight is 461 g/mol. The highest BCUT2D eigenvalue weighted by Gasteiger charge is 2.24. The molecule has 0 bridgehead atoms. The third kappa shape index (κ3) is 7.74. The van der Waals surface area contributed by atoms with E-state index in [0.717, 1.165) is 48.1 Å². The number of carbonyl (C=O) groups excluding carboxylic acids is 1. The largest absolute Gasteiger partial charge is 0.491 e. The molecule has 1 saturated heterocycles. The number of Topliss-reactive ketones (excluding diaryl/α,β-unsaturated/α-hetero) is 1. The molecule has 1 aromatic carbocycles. The maximum atomic E-state index is 12.9. The molecule has 2 aromatic rings. The van der Waals surface area contributed by atoms with Crippen LogP contribution in [0, 0.1) is 11.8 Å². The average Bonchev–Trinajstić information content (AvgIpc) is 2.80. The molecule has 0 aliphatic carbocycles. The Bertz CT molecular complexity index is 842. The maximum Gasteiger partial charge on any atom is 0.164 e. The molecule has 1 aliphatic rings. The Balaban J connectivity index is 0.00000363. The summed E-state index contributed by atoms with van der Waals surface area (Å²) in [5, 5.41) is 4.47. The van der Waals surface area contributed by atoms with Gasteiger partial charge in [-0.1, -0.05) is 39.5 Å². The van der Waals surface area contributed by atoms with Crippen molar-refractivity contribution in [2.24, 2.45) is 11.8 Å². The Labute approximate surface area is 200 Å². The second-order valence-electron chi connectivity index (χ2n) is 9.24. The van der Waals surface area contributed by atoms with Crippen molar-refractivity contribution in [3.63, 3.8) is 0 Å². The van der Waals surface area contributed by atoms with Crippen LogP contribution in [0.3, 0.4) is 0 Å². The normalized spacial score (nSPS) is 19.3. The Morgan fingerprint density at radius 2 is 2.03 bits per heavy atom. The number of fused-ring (bicyclic) bond motifs is 1. The number of pyridine rings is 1. The molecule has 178 valence electrons. The number of carbonyl (C=O) groups is 1. The van der Waals surface area contributed by atoms with Crippen molar-refractivity contribution in [1.29, 1.82) is 0 Å². The van der Waals surface area contributed by atoms with Gasteiger partial charge in [0.15, 0.2) is 5.78 Å². The summed E-state index contributed by atoms with van der Waals surface area (Å²) >= 11 is 0. The Kier molecular flexibility index (Phi) is 11.5. The Morgan fingerprint density at radius 1 is 1.19 bits per heavy atom. The molecule has 3 atom stereocenters. The van der Waals surface area contributed by atoms with Gasteiger partial charge in [-0.2, -0.15) is 0 Å². The van der Waals surface area contributed by atoms with E-state index in [2.05, 4.69) is 31.1 Å². The predicted molar refractivity (Wildman–Crippen MR) is 136 cm³/mol. The van der Waals surface area contributed by atoms with E-state index < -0.39 is 0 Å². The van der Waals surface area contributed by atoms with Crippen molar-refractivity contribution in [3.8, 4) is 5.75 Å². The molecule has 0 amide bonds.